The number of hydrogen-bond acceptors (Lipinski definition) is 5. The van der Waals surface area contributed by atoms with E-state index in [1.165, 1.54) is 0 Å². The molecule has 10 heteroatoms. The third kappa shape index (κ3) is 6.39. The first-order valence-corrected chi connectivity index (χ1v) is 13.5. The molecule has 0 aliphatic carbocycles. The Labute approximate surface area is 234 Å². The van der Waals surface area contributed by atoms with Crippen molar-refractivity contribution in [1.29, 1.82) is 0 Å². The summed E-state index contributed by atoms with van der Waals surface area (Å²) in [7, 11) is 0. The van der Waals surface area contributed by atoms with Gasteiger partial charge in [0.05, 0.1) is 13.9 Å². The van der Waals surface area contributed by atoms with Crippen molar-refractivity contribution in [3.8, 4) is 5.75 Å². The first-order valence-electron chi connectivity index (χ1n) is 10.7. The van der Waals surface area contributed by atoms with E-state index >= 15 is 0 Å². The standard InChI is InChI=1S/C26H19Br2ClN2O4S/c1-15-4-2-3-5-21(15)30-23(32)13-31-25(33)22(36-26(31)34)12-17-10-19(27)24(20(28)11-17)35-14-16-6-8-18(29)9-7-16/h2-12H,13-14H2,1H3,(H,30,32)/b22-12+. The van der Waals surface area contributed by atoms with Crippen molar-refractivity contribution in [3.63, 3.8) is 0 Å². The molecule has 0 bridgehead atoms. The van der Waals surface area contributed by atoms with Gasteiger partial charge in [-0.3, -0.25) is 19.3 Å². The summed E-state index contributed by atoms with van der Waals surface area (Å²) >= 11 is 13.8. The highest BCUT2D eigenvalue weighted by Crippen LogP contribution is 2.38. The maximum Gasteiger partial charge on any atom is 0.294 e. The molecule has 4 rings (SSSR count). The average molecular weight is 651 g/mol. The first-order chi connectivity index (χ1) is 17.2. The van der Waals surface area contributed by atoms with Crippen molar-refractivity contribution in [2.45, 2.75) is 13.5 Å². The summed E-state index contributed by atoms with van der Waals surface area (Å²) in [5, 5.41) is 2.90. The van der Waals surface area contributed by atoms with E-state index < -0.39 is 17.1 Å². The fourth-order valence-corrected chi connectivity index (χ4v) is 5.79. The SMILES string of the molecule is Cc1ccccc1NC(=O)CN1C(=O)S/C(=C/c2cc(Br)c(OCc3ccc(Cl)cc3)c(Br)c2)C1=O. The molecule has 36 heavy (non-hydrogen) atoms. The molecule has 1 N–H and O–H groups in total. The van der Waals surface area contributed by atoms with Gasteiger partial charge in [0.15, 0.2) is 0 Å². The van der Waals surface area contributed by atoms with Gasteiger partial charge in [-0.25, -0.2) is 0 Å². The largest absolute Gasteiger partial charge is 0.487 e. The molecule has 1 aliphatic rings. The van der Waals surface area contributed by atoms with Crippen LogP contribution in [0.25, 0.3) is 6.08 Å². The van der Waals surface area contributed by atoms with Crippen LogP contribution in [-0.4, -0.2) is 28.5 Å². The molecule has 0 atom stereocenters. The Morgan fingerprint density at radius 1 is 1.08 bits per heavy atom. The third-order valence-electron chi connectivity index (χ3n) is 5.21. The number of imide groups is 1. The van der Waals surface area contributed by atoms with E-state index in [-0.39, 0.29) is 11.4 Å². The van der Waals surface area contributed by atoms with Crippen molar-refractivity contribution in [2.75, 3.05) is 11.9 Å². The smallest absolute Gasteiger partial charge is 0.294 e. The van der Waals surface area contributed by atoms with E-state index in [2.05, 4.69) is 37.2 Å². The first kappa shape index (κ1) is 26.5. The Balaban J connectivity index is 1.44. The lowest BCUT2D eigenvalue weighted by atomic mass is 10.2. The van der Waals surface area contributed by atoms with Crippen LogP contribution in [0, 0.1) is 6.92 Å². The van der Waals surface area contributed by atoms with E-state index in [0.717, 1.165) is 27.8 Å². The zero-order valence-corrected chi connectivity index (χ0v) is 23.6. The molecular weight excluding hydrogens is 632 g/mol. The quantitative estimate of drug-likeness (QED) is 0.269. The Morgan fingerprint density at radius 2 is 1.75 bits per heavy atom. The van der Waals surface area contributed by atoms with Crippen molar-refractivity contribution >= 4 is 84.0 Å². The van der Waals surface area contributed by atoms with Crippen molar-refractivity contribution in [1.82, 2.24) is 4.90 Å². The Morgan fingerprint density at radius 3 is 2.42 bits per heavy atom. The monoisotopic (exact) mass is 648 g/mol. The Bertz CT molecular complexity index is 1360. The lowest BCUT2D eigenvalue weighted by Crippen LogP contribution is -2.36. The molecule has 1 heterocycles. The zero-order chi connectivity index (χ0) is 25.8. The summed E-state index contributed by atoms with van der Waals surface area (Å²) < 4.78 is 7.29. The lowest BCUT2D eigenvalue weighted by Gasteiger charge is -2.13. The van der Waals surface area contributed by atoms with Crippen molar-refractivity contribution < 1.29 is 19.1 Å². The highest BCUT2D eigenvalue weighted by molar-refractivity contribution is 9.11. The van der Waals surface area contributed by atoms with E-state index in [4.69, 9.17) is 16.3 Å². The molecule has 3 aromatic rings. The van der Waals surface area contributed by atoms with Gasteiger partial charge in [0.1, 0.15) is 18.9 Å². The van der Waals surface area contributed by atoms with E-state index in [1.54, 1.807) is 42.5 Å². The number of ether oxygens (including phenoxy) is 1. The molecule has 0 saturated carbocycles. The second-order valence-corrected chi connectivity index (χ2v) is 11.0. The van der Waals surface area contributed by atoms with Gasteiger partial charge in [0, 0.05) is 10.7 Å². The highest BCUT2D eigenvalue weighted by atomic mass is 79.9. The van der Waals surface area contributed by atoms with Gasteiger partial charge < -0.3 is 10.1 Å². The van der Waals surface area contributed by atoms with E-state index in [9.17, 15) is 14.4 Å². The van der Waals surface area contributed by atoms with Crippen molar-refractivity contribution in [3.05, 3.63) is 96.2 Å². The number of para-hydroxylation sites is 1. The summed E-state index contributed by atoms with van der Waals surface area (Å²) in [5.41, 5.74) is 3.17. The molecule has 6 nitrogen and oxygen atoms in total. The van der Waals surface area contributed by atoms with Crippen LogP contribution in [0.1, 0.15) is 16.7 Å². The Hall–Kier alpha value is -2.59. The van der Waals surface area contributed by atoms with Crippen LogP contribution in [0.4, 0.5) is 10.5 Å². The molecular formula is C26H19Br2ClN2O4S. The summed E-state index contributed by atoms with van der Waals surface area (Å²) in [5.74, 6) is -0.358. The van der Waals surface area contributed by atoms with E-state index in [1.807, 2.05) is 31.2 Å². The Kier molecular flexibility index (Phi) is 8.56. The maximum absolute atomic E-state index is 12.9. The van der Waals surface area contributed by atoms with Gasteiger partial charge >= 0.3 is 0 Å². The van der Waals surface area contributed by atoms with Crippen LogP contribution >= 0.6 is 55.2 Å². The predicted molar refractivity (Wildman–Crippen MR) is 150 cm³/mol. The number of carbonyl (C=O) groups excluding carboxylic acids is 3. The fourth-order valence-electron chi connectivity index (χ4n) is 3.37. The molecule has 1 aliphatic heterocycles. The molecule has 0 spiro atoms. The van der Waals surface area contributed by atoms with Crippen molar-refractivity contribution in [2.24, 2.45) is 0 Å². The van der Waals surface area contributed by atoms with Crippen LogP contribution in [-0.2, 0) is 16.2 Å². The second kappa shape index (κ2) is 11.6. The number of carbonyl (C=O) groups is 3. The molecule has 1 fully saturated rings. The summed E-state index contributed by atoms with van der Waals surface area (Å²) in [6.07, 6.45) is 1.61. The number of hydrogen-bond donors (Lipinski definition) is 1. The number of nitrogens with zero attached hydrogens (tertiary/aromatic N) is 1. The normalized spacial score (nSPS) is 14.4. The summed E-state index contributed by atoms with van der Waals surface area (Å²) in [6, 6.07) is 18.2. The summed E-state index contributed by atoms with van der Waals surface area (Å²) in [6.45, 7) is 1.85. The number of rotatable bonds is 7. The van der Waals surface area contributed by atoms with Gasteiger partial charge in [-0.05, 0) is 104 Å². The zero-order valence-electron chi connectivity index (χ0n) is 18.9. The number of benzene rings is 3. The topological polar surface area (TPSA) is 75.7 Å². The lowest BCUT2D eigenvalue weighted by molar-refractivity contribution is -0.127. The van der Waals surface area contributed by atoms with E-state index in [0.29, 0.717) is 37.6 Å². The minimum atomic E-state index is -0.514. The molecule has 3 aromatic carbocycles. The average Bonchev–Trinajstić information content (AvgIpc) is 3.08. The van der Waals surface area contributed by atoms with Gasteiger partial charge in [0.2, 0.25) is 5.91 Å². The van der Waals surface area contributed by atoms with Crippen LogP contribution in [0.3, 0.4) is 0 Å². The molecule has 1 saturated heterocycles. The molecule has 3 amide bonds. The van der Waals surface area contributed by atoms with Gasteiger partial charge in [0.25, 0.3) is 11.1 Å². The molecule has 0 aromatic heterocycles. The molecule has 0 radical (unpaired) electrons. The number of halogens is 3. The number of nitrogens with one attached hydrogen (secondary N) is 1. The second-order valence-electron chi connectivity index (χ2n) is 7.86. The minimum Gasteiger partial charge on any atom is -0.487 e. The maximum atomic E-state index is 12.9. The number of anilines is 1. The van der Waals surface area contributed by atoms with Crippen LogP contribution < -0.4 is 10.1 Å². The van der Waals surface area contributed by atoms with Gasteiger partial charge in [-0.15, -0.1) is 0 Å². The third-order valence-corrected chi connectivity index (χ3v) is 7.55. The summed E-state index contributed by atoms with van der Waals surface area (Å²) in [4.78, 5) is 39.0. The van der Waals surface area contributed by atoms with Gasteiger partial charge in [-0.2, -0.15) is 0 Å². The van der Waals surface area contributed by atoms with Crippen LogP contribution in [0.2, 0.25) is 5.02 Å². The fraction of sp³-hybridized carbons (Fsp3) is 0.115. The number of amides is 3. The number of aryl methyl sites for hydroxylation is 1. The van der Waals surface area contributed by atoms with Gasteiger partial charge in [-0.1, -0.05) is 41.9 Å². The molecule has 184 valence electrons. The number of thioether (sulfide) groups is 1. The van der Waals surface area contributed by atoms with Crippen LogP contribution in [0.15, 0.2) is 74.5 Å². The highest BCUT2D eigenvalue weighted by Gasteiger charge is 2.36. The molecule has 0 unspecified atom stereocenters. The van der Waals surface area contributed by atoms with Crippen LogP contribution in [0.5, 0.6) is 5.75 Å². The predicted octanol–water partition coefficient (Wildman–Crippen LogP) is 7.43. The minimum absolute atomic E-state index is 0.234.